The summed E-state index contributed by atoms with van der Waals surface area (Å²) >= 11 is 3.35. The maximum Gasteiger partial charge on any atom is 0.226 e. The molecule has 7 nitrogen and oxygen atoms in total. The smallest absolute Gasteiger partial charge is 0.226 e. The van der Waals surface area contributed by atoms with E-state index in [-0.39, 0.29) is 0 Å². The van der Waals surface area contributed by atoms with Crippen LogP contribution in [0.2, 0.25) is 0 Å². The lowest BCUT2D eigenvalue weighted by atomic mass is 10.3. The lowest BCUT2D eigenvalue weighted by Gasteiger charge is -2.33. The van der Waals surface area contributed by atoms with Crippen LogP contribution in [0.1, 0.15) is 18.6 Å². The van der Waals surface area contributed by atoms with Crippen LogP contribution < -0.4 is 4.90 Å². The Morgan fingerprint density at radius 2 is 1.90 bits per heavy atom. The molecule has 2 aromatic heterocycles. The standard InChI is InChI=1S/C13H17BrN6O/c1-2-12-17-11(18-21-12)9-19-3-5-20(6-4-19)13-15-7-10(14)8-16-13/h7-8H,2-6,9H2,1H3. The van der Waals surface area contributed by atoms with Gasteiger partial charge < -0.3 is 9.42 Å². The second kappa shape index (κ2) is 6.48. The Balaban J connectivity index is 1.54. The van der Waals surface area contributed by atoms with E-state index in [9.17, 15) is 0 Å². The second-order valence-corrected chi connectivity index (χ2v) is 5.84. The molecule has 1 fully saturated rings. The third-order valence-corrected chi connectivity index (χ3v) is 3.85. The van der Waals surface area contributed by atoms with E-state index in [0.717, 1.165) is 55.4 Å². The van der Waals surface area contributed by atoms with Crippen LogP contribution in [0.3, 0.4) is 0 Å². The van der Waals surface area contributed by atoms with Gasteiger partial charge in [-0.05, 0) is 15.9 Å². The molecule has 0 aromatic carbocycles. The minimum Gasteiger partial charge on any atom is -0.339 e. The second-order valence-electron chi connectivity index (χ2n) is 4.92. The molecule has 0 amide bonds. The van der Waals surface area contributed by atoms with E-state index in [1.807, 2.05) is 6.92 Å². The van der Waals surface area contributed by atoms with Gasteiger partial charge in [-0.25, -0.2) is 9.97 Å². The first-order valence-electron chi connectivity index (χ1n) is 7.01. The van der Waals surface area contributed by atoms with E-state index in [1.165, 1.54) is 0 Å². The highest BCUT2D eigenvalue weighted by molar-refractivity contribution is 9.10. The van der Waals surface area contributed by atoms with Crippen molar-refractivity contribution in [2.75, 3.05) is 31.1 Å². The number of piperazine rings is 1. The van der Waals surface area contributed by atoms with Crippen LogP contribution in [0, 0.1) is 0 Å². The Bertz CT molecular complexity index is 579. The fraction of sp³-hybridized carbons (Fsp3) is 0.538. The molecule has 2 aromatic rings. The van der Waals surface area contributed by atoms with Crippen molar-refractivity contribution in [1.29, 1.82) is 0 Å². The molecule has 3 rings (SSSR count). The lowest BCUT2D eigenvalue weighted by molar-refractivity contribution is 0.239. The van der Waals surface area contributed by atoms with Gasteiger partial charge in [0.25, 0.3) is 0 Å². The molecule has 1 aliphatic rings. The topological polar surface area (TPSA) is 71.2 Å². The summed E-state index contributed by atoms with van der Waals surface area (Å²) in [6.07, 6.45) is 4.34. The van der Waals surface area contributed by atoms with Crippen molar-refractivity contribution >= 4 is 21.9 Å². The monoisotopic (exact) mass is 352 g/mol. The zero-order chi connectivity index (χ0) is 14.7. The zero-order valence-electron chi connectivity index (χ0n) is 11.9. The Morgan fingerprint density at radius 1 is 1.19 bits per heavy atom. The van der Waals surface area contributed by atoms with Crippen LogP contribution in [0.5, 0.6) is 0 Å². The molecule has 0 unspecified atom stereocenters. The van der Waals surface area contributed by atoms with Crippen LogP contribution in [-0.4, -0.2) is 51.2 Å². The average Bonchev–Trinajstić information content (AvgIpc) is 2.97. The first kappa shape index (κ1) is 14.4. The summed E-state index contributed by atoms with van der Waals surface area (Å²) in [4.78, 5) is 17.5. The van der Waals surface area contributed by atoms with E-state index in [1.54, 1.807) is 12.4 Å². The number of nitrogens with zero attached hydrogens (tertiary/aromatic N) is 6. The molecular formula is C13H17BrN6O. The Morgan fingerprint density at radius 3 is 2.52 bits per heavy atom. The van der Waals surface area contributed by atoms with E-state index < -0.39 is 0 Å². The minimum absolute atomic E-state index is 0.701. The first-order valence-corrected chi connectivity index (χ1v) is 7.80. The summed E-state index contributed by atoms with van der Waals surface area (Å²) in [6, 6.07) is 0. The number of aryl methyl sites for hydroxylation is 1. The summed E-state index contributed by atoms with van der Waals surface area (Å²) < 4.78 is 6.03. The summed E-state index contributed by atoms with van der Waals surface area (Å²) in [5.41, 5.74) is 0. The number of hydrogen-bond donors (Lipinski definition) is 0. The summed E-state index contributed by atoms with van der Waals surface area (Å²) in [5, 5.41) is 4.00. The van der Waals surface area contributed by atoms with Crippen molar-refractivity contribution in [2.24, 2.45) is 0 Å². The van der Waals surface area contributed by atoms with Gasteiger partial charge in [-0.1, -0.05) is 12.1 Å². The van der Waals surface area contributed by atoms with Crippen LogP contribution in [0.4, 0.5) is 5.95 Å². The van der Waals surface area contributed by atoms with E-state index in [2.05, 4.69) is 45.8 Å². The molecule has 8 heteroatoms. The molecule has 0 spiro atoms. The number of aromatic nitrogens is 4. The Kier molecular flexibility index (Phi) is 4.45. The van der Waals surface area contributed by atoms with E-state index in [4.69, 9.17) is 4.52 Å². The molecule has 0 radical (unpaired) electrons. The minimum atomic E-state index is 0.701. The van der Waals surface area contributed by atoms with Gasteiger partial charge >= 0.3 is 0 Å². The highest BCUT2D eigenvalue weighted by Crippen LogP contribution is 2.14. The van der Waals surface area contributed by atoms with Crippen molar-refractivity contribution in [3.63, 3.8) is 0 Å². The number of halogens is 1. The fourth-order valence-electron chi connectivity index (χ4n) is 2.27. The third kappa shape index (κ3) is 3.56. The molecule has 21 heavy (non-hydrogen) atoms. The van der Waals surface area contributed by atoms with Gasteiger partial charge in [0.1, 0.15) is 0 Å². The molecule has 0 N–H and O–H groups in total. The normalized spacial score (nSPS) is 16.4. The predicted octanol–water partition coefficient (Wildman–Crippen LogP) is 1.51. The lowest BCUT2D eigenvalue weighted by Crippen LogP contribution is -2.46. The zero-order valence-corrected chi connectivity index (χ0v) is 13.5. The van der Waals surface area contributed by atoms with E-state index >= 15 is 0 Å². The Hall–Kier alpha value is -1.54. The van der Waals surface area contributed by atoms with Crippen molar-refractivity contribution in [3.05, 3.63) is 28.6 Å². The number of anilines is 1. The largest absolute Gasteiger partial charge is 0.339 e. The van der Waals surface area contributed by atoms with Gasteiger partial charge in [0, 0.05) is 45.0 Å². The SMILES string of the molecule is CCc1nc(CN2CCN(c3ncc(Br)cn3)CC2)no1. The van der Waals surface area contributed by atoms with Crippen LogP contribution >= 0.6 is 15.9 Å². The quantitative estimate of drug-likeness (QED) is 0.825. The van der Waals surface area contributed by atoms with Crippen LogP contribution in [-0.2, 0) is 13.0 Å². The molecule has 0 saturated carbocycles. The fourth-order valence-corrected chi connectivity index (χ4v) is 2.48. The van der Waals surface area contributed by atoms with Crippen LogP contribution in [0.15, 0.2) is 21.4 Å². The predicted molar refractivity (Wildman–Crippen MR) is 80.9 cm³/mol. The summed E-state index contributed by atoms with van der Waals surface area (Å²) in [7, 11) is 0. The van der Waals surface area contributed by atoms with Gasteiger partial charge in [0.15, 0.2) is 5.82 Å². The number of hydrogen-bond acceptors (Lipinski definition) is 7. The van der Waals surface area contributed by atoms with Gasteiger partial charge in [0.05, 0.1) is 11.0 Å². The molecule has 112 valence electrons. The van der Waals surface area contributed by atoms with Gasteiger partial charge in [0.2, 0.25) is 11.8 Å². The highest BCUT2D eigenvalue weighted by Gasteiger charge is 2.20. The molecule has 0 aliphatic carbocycles. The average molecular weight is 353 g/mol. The molecule has 1 aliphatic heterocycles. The van der Waals surface area contributed by atoms with Crippen LogP contribution in [0.25, 0.3) is 0 Å². The van der Waals surface area contributed by atoms with Gasteiger partial charge in [-0.2, -0.15) is 4.98 Å². The molecule has 0 atom stereocenters. The van der Waals surface area contributed by atoms with Gasteiger partial charge in [-0.15, -0.1) is 0 Å². The molecule has 3 heterocycles. The maximum atomic E-state index is 5.13. The van der Waals surface area contributed by atoms with Crippen molar-refractivity contribution in [3.8, 4) is 0 Å². The van der Waals surface area contributed by atoms with Crippen molar-refractivity contribution in [2.45, 2.75) is 19.9 Å². The number of rotatable bonds is 4. The first-order chi connectivity index (χ1) is 10.2. The maximum absolute atomic E-state index is 5.13. The Labute approximate surface area is 131 Å². The van der Waals surface area contributed by atoms with Crippen molar-refractivity contribution in [1.82, 2.24) is 25.0 Å². The summed E-state index contributed by atoms with van der Waals surface area (Å²) in [5.74, 6) is 2.25. The van der Waals surface area contributed by atoms with Crippen molar-refractivity contribution < 1.29 is 4.52 Å². The third-order valence-electron chi connectivity index (χ3n) is 3.44. The van der Waals surface area contributed by atoms with Gasteiger partial charge in [-0.3, -0.25) is 4.90 Å². The molecule has 0 bridgehead atoms. The highest BCUT2D eigenvalue weighted by atomic mass is 79.9. The summed E-state index contributed by atoms with van der Waals surface area (Å²) in [6.45, 7) is 6.43. The molecule has 1 saturated heterocycles. The van der Waals surface area contributed by atoms with E-state index in [0.29, 0.717) is 5.89 Å². The molecular weight excluding hydrogens is 336 g/mol.